The highest BCUT2D eigenvalue weighted by atomic mass is 16.6. The number of aromatic nitrogens is 4. The Kier molecular flexibility index (Phi) is 4.45. The molecule has 7 heteroatoms. The third kappa shape index (κ3) is 3.32. The number of fused-ring (bicyclic) bond motifs is 1. The van der Waals surface area contributed by atoms with Gasteiger partial charge in [0.15, 0.2) is 0 Å². The lowest BCUT2D eigenvalue weighted by Crippen LogP contribution is -2.20. The quantitative estimate of drug-likeness (QED) is 0.661. The van der Waals surface area contributed by atoms with Crippen molar-refractivity contribution < 1.29 is 9.37 Å². The zero-order valence-corrected chi connectivity index (χ0v) is 12.8. The minimum Gasteiger partial charge on any atom is -0.383 e. The van der Waals surface area contributed by atoms with Crippen LogP contribution >= 0.6 is 0 Å². The van der Waals surface area contributed by atoms with Crippen LogP contribution in [0.5, 0.6) is 0 Å². The Morgan fingerprint density at radius 3 is 2.95 bits per heavy atom. The van der Waals surface area contributed by atoms with E-state index in [9.17, 15) is 0 Å². The lowest BCUT2D eigenvalue weighted by Gasteiger charge is -2.17. The maximum Gasteiger partial charge on any atom is 0.135 e. The molecule has 116 valence electrons. The molecule has 0 aliphatic heterocycles. The number of imidazole rings is 1. The Balaban J connectivity index is 1.64. The third-order valence-electron chi connectivity index (χ3n) is 3.54. The van der Waals surface area contributed by atoms with Gasteiger partial charge in [-0.3, -0.25) is 4.90 Å². The SMILES string of the molecule is COCCn1cncc1CN(C)Cc1ccc2nonc2c1. The fourth-order valence-electron chi connectivity index (χ4n) is 2.44. The van der Waals surface area contributed by atoms with Crippen molar-refractivity contribution in [3.63, 3.8) is 0 Å². The first-order valence-electron chi connectivity index (χ1n) is 7.14. The van der Waals surface area contributed by atoms with Crippen LogP contribution in [0.4, 0.5) is 0 Å². The smallest absolute Gasteiger partial charge is 0.135 e. The highest BCUT2D eigenvalue weighted by Crippen LogP contribution is 2.14. The molecule has 0 spiro atoms. The van der Waals surface area contributed by atoms with Crippen LogP contribution < -0.4 is 0 Å². The Morgan fingerprint density at radius 1 is 1.23 bits per heavy atom. The molecule has 0 unspecified atom stereocenters. The van der Waals surface area contributed by atoms with Crippen molar-refractivity contribution >= 4 is 11.0 Å². The average molecular weight is 301 g/mol. The zero-order chi connectivity index (χ0) is 15.4. The second-order valence-corrected chi connectivity index (χ2v) is 5.33. The van der Waals surface area contributed by atoms with E-state index < -0.39 is 0 Å². The molecule has 2 heterocycles. The summed E-state index contributed by atoms with van der Waals surface area (Å²) in [7, 11) is 3.79. The maximum absolute atomic E-state index is 5.12. The second kappa shape index (κ2) is 6.67. The first-order valence-corrected chi connectivity index (χ1v) is 7.14. The number of hydrogen-bond acceptors (Lipinski definition) is 6. The van der Waals surface area contributed by atoms with E-state index in [2.05, 4.69) is 31.8 Å². The first-order chi connectivity index (χ1) is 10.8. The van der Waals surface area contributed by atoms with Gasteiger partial charge < -0.3 is 9.30 Å². The first kappa shape index (κ1) is 14.7. The molecule has 22 heavy (non-hydrogen) atoms. The van der Waals surface area contributed by atoms with Gasteiger partial charge in [-0.15, -0.1) is 0 Å². The normalized spacial score (nSPS) is 11.6. The van der Waals surface area contributed by atoms with Gasteiger partial charge in [-0.25, -0.2) is 9.61 Å². The Hall–Kier alpha value is -2.25. The topological polar surface area (TPSA) is 69.2 Å². The summed E-state index contributed by atoms with van der Waals surface area (Å²) in [5.41, 5.74) is 3.91. The summed E-state index contributed by atoms with van der Waals surface area (Å²) in [6.45, 7) is 3.14. The zero-order valence-electron chi connectivity index (χ0n) is 12.8. The molecule has 7 nitrogen and oxygen atoms in total. The van der Waals surface area contributed by atoms with E-state index in [-0.39, 0.29) is 0 Å². The summed E-state index contributed by atoms with van der Waals surface area (Å²) in [5, 5.41) is 7.69. The summed E-state index contributed by atoms with van der Waals surface area (Å²) in [5.74, 6) is 0. The van der Waals surface area contributed by atoms with Gasteiger partial charge >= 0.3 is 0 Å². The molecule has 0 aliphatic rings. The molecule has 0 atom stereocenters. The summed E-state index contributed by atoms with van der Waals surface area (Å²) >= 11 is 0. The molecule has 0 saturated heterocycles. The molecule has 1 aromatic carbocycles. The fourth-order valence-corrected chi connectivity index (χ4v) is 2.44. The third-order valence-corrected chi connectivity index (χ3v) is 3.54. The van der Waals surface area contributed by atoms with Crippen molar-refractivity contribution in [2.45, 2.75) is 19.6 Å². The van der Waals surface area contributed by atoms with Gasteiger partial charge in [-0.2, -0.15) is 0 Å². The second-order valence-electron chi connectivity index (χ2n) is 5.33. The molecular weight excluding hydrogens is 282 g/mol. The van der Waals surface area contributed by atoms with Crippen LogP contribution in [0.3, 0.4) is 0 Å². The Morgan fingerprint density at radius 2 is 2.09 bits per heavy atom. The van der Waals surface area contributed by atoms with Gasteiger partial charge in [0.2, 0.25) is 0 Å². The Labute approximate surface area is 128 Å². The van der Waals surface area contributed by atoms with Crippen LogP contribution in [0, 0.1) is 0 Å². The van der Waals surface area contributed by atoms with Crippen LogP contribution in [0.2, 0.25) is 0 Å². The van der Waals surface area contributed by atoms with Crippen LogP contribution in [0.25, 0.3) is 11.0 Å². The van der Waals surface area contributed by atoms with Gasteiger partial charge in [0.25, 0.3) is 0 Å². The van der Waals surface area contributed by atoms with Crippen molar-refractivity contribution in [2.24, 2.45) is 0 Å². The number of rotatable bonds is 7. The minimum atomic E-state index is 0.683. The lowest BCUT2D eigenvalue weighted by atomic mass is 10.2. The molecule has 0 amide bonds. The largest absolute Gasteiger partial charge is 0.383 e. The molecule has 2 aromatic heterocycles. The van der Waals surface area contributed by atoms with E-state index in [4.69, 9.17) is 9.37 Å². The van der Waals surface area contributed by atoms with E-state index in [1.807, 2.05) is 30.7 Å². The number of methoxy groups -OCH3 is 1. The summed E-state index contributed by atoms with van der Waals surface area (Å²) in [4.78, 5) is 6.45. The van der Waals surface area contributed by atoms with E-state index in [0.717, 1.165) is 30.7 Å². The molecular formula is C15H19N5O2. The van der Waals surface area contributed by atoms with Crippen molar-refractivity contribution in [3.8, 4) is 0 Å². The van der Waals surface area contributed by atoms with E-state index in [1.54, 1.807) is 7.11 Å². The Bertz CT molecular complexity index is 736. The molecule has 0 fully saturated rings. The number of benzene rings is 1. The van der Waals surface area contributed by atoms with Gasteiger partial charge in [-0.05, 0) is 35.1 Å². The fraction of sp³-hybridized carbons (Fsp3) is 0.400. The average Bonchev–Trinajstić information content (AvgIpc) is 3.13. The number of nitrogens with zero attached hydrogens (tertiary/aromatic N) is 5. The minimum absolute atomic E-state index is 0.683. The standard InChI is InChI=1S/C15H19N5O2/c1-19(10-13-8-16-11-20(13)5-6-21-2)9-12-3-4-14-15(7-12)18-22-17-14/h3-4,7-8,11H,5-6,9-10H2,1-2H3. The highest BCUT2D eigenvalue weighted by molar-refractivity contribution is 5.73. The van der Waals surface area contributed by atoms with Gasteiger partial charge in [-0.1, -0.05) is 6.07 Å². The van der Waals surface area contributed by atoms with Crippen molar-refractivity contribution in [2.75, 3.05) is 20.8 Å². The van der Waals surface area contributed by atoms with Gasteiger partial charge in [0.05, 0.1) is 18.6 Å². The lowest BCUT2D eigenvalue weighted by molar-refractivity contribution is 0.185. The van der Waals surface area contributed by atoms with Crippen LogP contribution in [-0.4, -0.2) is 45.5 Å². The van der Waals surface area contributed by atoms with Crippen molar-refractivity contribution in [3.05, 3.63) is 42.0 Å². The monoisotopic (exact) mass is 301 g/mol. The number of hydrogen-bond donors (Lipinski definition) is 0. The van der Waals surface area contributed by atoms with Gasteiger partial charge in [0.1, 0.15) is 11.0 Å². The van der Waals surface area contributed by atoms with Crippen LogP contribution in [0.1, 0.15) is 11.3 Å². The molecule has 0 bridgehead atoms. The molecule has 3 aromatic rings. The van der Waals surface area contributed by atoms with Crippen LogP contribution in [0.15, 0.2) is 35.4 Å². The summed E-state index contributed by atoms with van der Waals surface area (Å²) in [6.07, 6.45) is 3.74. The maximum atomic E-state index is 5.12. The molecule has 0 aliphatic carbocycles. The van der Waals surface area contributed by atoms with Crippen LogP contribution in [-0.2, 0) is 24.4 Å². The highest BCUT2D eigenvalue weighted by Gasteiger charge is 2.08. The predicted molar refractivity (Wildman–Crippen MR) is 81.1 cm³/mol. The van der Waals surface area contributed by atoms with Gasteiger partial charge in [0, 0.05) is 32.9 Å². The van der Waals surface area contributed by atoms with Crippen molar-refractivity contribution in [1.82, 2.24) is 24.8 Å². The molecule has 0 N–H and O–H groups in total. The molecule has 3 rings (SSSR count). The predicted octanol–water partition coefficient (Wildman–Crippen LogP) is 1.70. The van der Waals surface area contributed by atoms with E-state index in [1.165, 1.54) is 11.3 Å². The van der Waals surface area contributed by atoms with E-state index >= 15 is 0 Å². The molecule has 0 saturated carbocycles. The van der Waals surface area contributed by atoms with Crippen molar-refractivity contribution in [1.29, 1.82) is 0 Å². The summed E-state index contributed by atoms with van der Waals surface area (Å²) in [6, 6.07) is 5.98. The van der Waals surface area contributed by atoms with E-state index in [0.29, 0.717) is 6.61 Å². The summed E-state index contributed by atoms with van der Waals surface area (Å²) < 4.78 is 12.0. The number of ether oxygens (including phenoxy) is 1. The molecule has 0 radical (unpaired) electrons.